The number of alkyl carbamates (subject to hydrolysis) is 1. The van der Waals surface area contributed by atoms with Gasteiger partial charge in [0, 0.05) is 51.9 Å². The van der Waals surface area contributed by atoms with Crippen LogP contribution in [-0.2, 0) is 16.1 Å². The maximum absolute atomic E-state index is 12.2. The number of benzene rings is 1. The summed E-state index contributed by atoms with van der Waals surface area (Å²) in [5.41, 5.74) is 0.529. The molecule has 2 saturated heterocycles. The number of carbonyl (C=O) groups excluding carboxylic acids is 2. The largest absolute Gasteiger partial charge is 0.445 e. The molecule has 8 nitrogen and oxygen atoms in total. The number of amides is 2. The molecule has 0 radical (unpaired) electrons. The van der Waals surface area contributed by atoms with Gasteiger partial charge in [0.2, 0.25) is 0 Å². The number of nitrogens with one attached hydrogen (secondary N) is 1. The van der Waals surface area contributed by atoms with Crippen LogP contribution in [0.3, 0.4) is 0 Å². The quantitative estimate of drug-likeness (QED) is 0.724. The van der Waals surface area contributed by atoms with Gasteiger partial charge in [-0.2, -0.15) is 0 Å². The van der Waals surface area contributed by atoms with Crippen molar-refractivity contribution in [3.05, 3.63) is 35.9 Å². The van der Waals surface area contributed by atoms with E-state index in [1.54, 1.807) is 4.90 Å². The van der Waals surface area contributed by atoms with Crippen LogP contribution in [0.25, 0.3) is 0 Å². The van der Waals surface area contributed by atoms with E-state index in [1.165, 1.54) is 0 Å². The van der Waals surface area contributed by atoms with Crippen LogP contribution in [0.2, 0.25) is 0 Å². The van der Waals surface area contributed by atoms with Crippen LogP contribution in [0.4, 0.5) is 9.59 Å². The molecule has 3 rings (SSSR count). The van der Waals surface area contributed by atoms with E-state index in [4.69, 9.17) is 9.47 Å². The van der Waals surface area contributed by atoms with Crippen LogP contribution in [0, 0.1) is 0 Å². The van der Waals surface area contributed by atoms with Crippen molar-refractivity contribution in [2.45, 2.75) is 51.9 Å². The molecule has 1 atom stereocenters. The summed E-state index contributed by atoms with van der Waals surface area (Å²) in [5, 5.41) is 3.02. The number of carbonyl (C=O) groups is 2. The lowest BCUT2D eigenvalue weighted by molar-refractivity contribution is 0.0135. The van der Waals surface area contributed by atoms with E-state index in [2.05, 4.69) is 15.1 Å². The molecule has 2 amide bonds. The zero-order valence-corrected chi connectivity index (χ0v) is 19.7. The van der Waals surface area contributed by atoms with Gasteiger partial charge < -0.3 is 24.6 Å². The minimum atomic E-state index is -0.457. The minimum absolute atomic E-state index is 0.121. The number of ether oxygens (including phenoxy) is 2. The first kappa shape index (κ1) is 24.3. The summed E-state index contributed by atoms with van der Waals surface area (Å²) in [4.78, 5) is 31.0. The van der Waals surface area contributed by atoms with E-state index >= 15 is 0 Å². The molecule has 0 bridgehead atoms. The SMILES string of the molecule is CC(C)(C)OC(=O)N1CCN(CCN2CCCC(NC(=O)OCc3ccccc3)C2)CC1. The van der Waals surface area contributed by atoms with Gasteiger partial charge in [0.25, 0.3) is 0 Å². The number of piperidine rings is 1. The second kappa shape index (κ2) is 11.5. The first-order valence-corrected chi connectivity index (χ1v) is 11.7. The maximum Gasteiger partial charge on any atom is 0.410 e. The van der Waals surface area contributed by atoms with Crippen molar-refractivity contribution in [1.82, 2.24) is 20.0 Å². The van der Waals surface area contributed by atoms with Crippen molar-refractivity contribution in [2.75, 3.05) is 52.4 Å². The molecule has 2 aliphatic rings. The molecule has 178 valence electrons. The second-order valence-electron chi connectivity index (χ2n) is 9.65. The molecule has 2 aliphatic heterocycles. The fourth-order valence-electron chi connectivity index (χ4n) is 4.07. The summed E-state index contributed by atoms with van der Waals surface area (Å²) in [5.74, 6) is 0. The van der Waals surface area contributed by atoms with Crippen LogP contribution in [0.5, 0.6) is 0 Å². The summed E-state index contributed by atoms with van der Waals surface area (Å²) in [6, 6.07) is 9.84. The van der Waals surface area contributed by atoms with Crippen molar-refractivity contribution < 1.29 is 19.1 Å². The lowest BCUT2D eigenvalue weighted by Crippen LogP contribution is -2.53. The van der Waals surface area contributed by atoms with Gasteiger partial charge in [0.1, 0.15) is 12.2 Å². The number of hydrogen-bond donors (Lipinski definition) is 1. The Morgan fingerprint density at radius 3 is 2.38 bits per heavy atom. The van der Waals surface area contributed by atoms with Crippen LogP contribution in [0.1, 0.15) is 39.2 Å². The Bertz CT molecular complexity index is 729. The number of piperazine rings is 1. The molecule has 0 aliphatic carbocycles. The molecule has 0 aromatic heterocycles. The van der Waals surface area contributed by atoms with Gasteiger partial charge in [-0.05, 0) is 45.7 Å². The number of hydrogen-bond acceptors (Lipinski definition) is 6. The monoisotopic (exact) mass is 446 g/mol. The van der Waals surface area contributed by atoms with Crippen molar-refractivity contribution >= 4 is 12.2 Å². The average molecular weight is 447 g/mol. The van der Waals surface area contributed by atoms with Crippen molar-refractivity contribution in [3.63, 3.8) is 0 Å². The molecule has 0 saturated carbocycles. The number of likely N-dealkylation sites (tertiary alicyclic amines) is 1. The molecular weight excluding hydrogens is 408 g/mol. The van der Waals surface area contributed by atoms with Gasteiger partial charge in [-0.1, -0.05) is 30.3 Å². The number of rotatable bonds is 6. The molecular formula is C24H38N4O4. The van der Waals surface area contributed by atoms with Gasteiger partial charge in [0.05, 0.1) is 0 Å². The van der Waals surface area contributed by atoms with Crippen molar-refractivity contribution in [3.8, 4) is 0 Å². The zero-order chi connectivity index (χ0) is 23.0. The predicted molar refractivity (Wildman–Crippen MR) is 123 cm³/mol. The minimum Gasteiger partial charge on any atom is -0.445 e. The third-order valence-corrected chi connectivity index (χ3v) is 5.80. The highest BCUT2D eigenvalue weighted by Crippen LogP contribution is 2.13. The Balaban J connectivity index is 1.32. The van der Waals surface area contributed by atoms with E-state index in [-0.39, 0.29) is 18.2 Å². The third-order valence-electron chi connectivity index (χ3n) is 5.80. The first-order chi connectivity index (χ1) is 15.3. The van der Waals surface area contributed by atoms with Crippen molar-refractivity contribution in [2.24, 2.45) is 0 Å². The van der Waals surface area contributed by atoms with Crippen LogP contribution in [0.15, 0.2) is 30.3 Å². The van der Waals surface area contributed by atoms with Crippen LogP contribution < -0.4 is 5.32 Å². The topological polar surface area (TPSA) is 74.4 Å². The fraction of sp³-hybridized carbons (Fsp3) is 0.667. The van der Waals surface area contributed by atoms with Gasteiger partial charge in [-0.25, -0.2) is 9.59 Å². The van der Waals surface area contributed by atoms with Gasteiger partial charge in [-0.3, -0.25) is 4.90 Å². The standard InChI is InChI=1S/C24H38N4O4/c1-24(2,3)32-23(30)28-16-14-26(15-17-28)12-13-27-11-7-10-21(18-27)25-22(29)31-19-20-8-5-4-6-9-20/h4-6,8-9,21H,7,10-19H2,1-3H3,(H,25,29). The van der Waals surface area contributed by atoms with E-state index in [0.717, 1.165) is 57.7 Å². The molecule has 0 spiro atoms. The zero-order valence-electron chi connectivity index (χ0n) is 19.7. The normalized spacial score (nSPS) is 20.6. The van der Waals surface area contributed by atoms with E-state index in [1.807, 2.05) is 51.1 Å². The van der Waals surface area contributed by atoms with Gasteiger partial charge >= 0.3 is 12.2 Å². The Hall–Kier alpha value is -2.32. The average Bonchev–Trinajstić information content (AvgIpc) is 2.76. The molecule has 1 aromatic rings. The maximum atomic E-state index is 12.2. The van der Waals surface area contributed by atoms with Gasteiger partial charge in [-0.15, -0.1) is 0 Å². The second-order valence-corrected chi connectivity index (χ2v) is 9.65. The first-order valence-electron chi connectivity index (χ1n) is 11.7. The highest BCUT2D eigenvalue weighted by molar-refractivity contribution is 5.68. The fourth-order valence-corrected chi connectivity index (χ4v) is 4.07. The third kappa shape index (κ3) is 8.31. The van der Waals surface area contributed by atoms with Gasteiger partial charge in [0.15, 0.2) is 0 Å². The van der Waals surface area contributed by atoms with E-state index < -0.39 is 5.60 Å². The highest BCUT2D eigenvalue weighted by Gasteiger charge is 2.27. The predicted octanol–water partition coefficient (Wildman–Crippen LogP) is 2.93. The Morgan fingerprint density at radius 1 is 1.00 bits per heavy atom. The lowest BCUT2D eigenvalue weighted by Gasteiger charge is -2.38. The Morgan fingerprint density at radius 2 is 1.69 bits per heavy atom. The summed E-state index contributed by atoms with van der Waals surface area (Å²) in [6.45, 7) is 12.9. The summed E-state index contributed by atoms with van der Waals surface area (Å²) in [7, 11) is 0. The molecule has 2 fully saturated rings. The van der Waals surface area contributed by atoms with E-state index in [9.17, 15) is 9.59 Å². The summed E-state index contributed by atoms with van der Waals surface area (Å²) >= 11 is 0. The summed E-state index contributed by atoms with van der Waals surface area (Å²) in [6.07, 6.45) is 1.47. The molecule has 32 heavy (non-hydrogen) atoms. The van der Waals surface area contributed by atoms with Crippen molar-refractivity contribution in [1.29, 1.82) is 0 Å². The molecule has 1 N–H and O–H groups in total. The van der Waals surface area contributed by atoms with Crippen LogP contribution >= 0.6 is 0 Å². The summed E-state index contributed by atoms with van der Waals surface area (Å²) < 4.78 is 10.8. The Kier molecular flexibility index (Phi) is 8.75. The highest BCUT2D eigenvalue weighted by atomic mass is 16.6. The smallest absolute Gasteiger partial charge is 0.410 e. The lowest BCUT2D eigenvalue weighted by atomic mass is 10.1. The molecule has 8 heteroatoms. The molecule has 1 aromatic carbocycles. The molecule has 1 unspecified atom stereocenters. The van der Waals surface area contributed by atoms with E-state index in [0.29, 0.717) is 19.7 Å². The molecule has 2 heterocycles. The number of nitrogens with zero attached hydrogens (tertiary/aromatic N) is 3. The Labute approximate surface area is 191 Å². The van der Waals surface area contributed by atoms with Crippen LogP contribution in [-0.4, -0.2) is 90.9 Å².